The zero-order chi connectivity index (χ0) is 13.1. The van der Waals surface area contributed by atoms with Gasteiger partial charge in [0, 0.05) is 11.6 Å². The maximum atomic E-state index is 12.1. The average Bonchev–Trinajstić information content (AvgIpc) is 2.49. The molecule has 19 heavy (non-hydrogen) atoms. The quantitative estimate of drug-likeness (QED) is 0.501. The summed E-state index contributed by atoms with van der Waals surface area (Å²) in [5, 5.41) is 12.1. The molecule has 92 valence electrons. The number of benzene rings is 2. The van der Waals surface area contributed by atoms with Gasteiger partial charge in [-0.1, -0.05) is 48.5 Å². The lowest BCUT2D eigenvalue weighted by Crippen LogP contribution is -2.28. The summed E-state index contributed by atoms with van der Waals surface area (Å²) >= 11 is 0. The highest BCUT2D eigenvalue weighted by molar-refractivity contribution is 5.78. The monoisotopic (exact) mass is 247 g/mol. The molecule has 2 nitrogen and oxygen atoms in total. The molecule has 2 heteroatoms. The Morgan fingerprint density at radius 2 is 1.21 bits per heavy atom. The SMILES string of the molecule is [O-][n+]1cccc(-c2ccccc2)c1-c1ccccc1. The first-order chi connectivity index (χ1) is 9.36. The normalized spacial score (nSPS) is 10.3. The van der Waals surface area contributed by atoms with Crippen LogP contribution in [0.1, 0.15) is 0 Å². The van der Waals surface area contributed by atoms with Crippen LogP contribution in [0.15, 0.2) is 79.0 Å². The van der Waals surface area contributed by atoms with Gasteiger partial charge in [0.2, 0.25) is 5.69 Å². The molecular formula is C17H13NO. The largest absolute Gasteiger partial charge is 0.618 e. The molecule has 3 rings (SSSR count). The van der Waals surface area contributed by atoms with Crippen LogP contribution in [-0.4, -0.2) is 0 Å². The summed E-state index contributed by atoms with van der Waals surface area (Å²) in [5.74, 6) is 0. The third-order valence-corrected chi connectivity index (χ3v) is 3.09. The molecule has 0 aliphatic heterocycles. The van der Waals surface area contributed by atoms with Gasteiger partial charge in [-0.3, -0.25) is 0 Å². The van der Waals surface area contributed by atoms with Gasteiger partial charge in [-0.05, 0) is 23.8 Å². The van der Waals surface area contributed by atoms with Crippen molar-refractivity contribution in [3.63, 3.8) is 0 Å². The molecule has 0 unspecified atom stereocenters. The van der Waals surface area contributed by atoms with Crippen molar-refractivity contribution >= 4 is 0 Å². The molecular weight excluding hydrogens is 234 g/mol. The predicted molar refractivity (Wildman–Crippen MR) is 76.3 cm³/mol. The predicted octanol–water partition coefficient (Wildman–Crippen LogP) is 3.65. The number of hydrogen-bond donors (Lipinski definition) is 0. The van der Waals surface area contributed by atoms with Gasteiger partial charge in [0.25, 0.3) is 0 Å². The molecule has 0 spiro atoms. The zero-order valence-electron chi connectivity index (χ0n) is 10.4. The second-order valence-corrected chi connectivity index (χ2v) is 4.33. The Hall–Kier alpha value is -2.61. The Balaban J connectivity index is 2.25. The van der Waals surface area contributed by atoms with Crippen molar-refractivity contribution in [3.8, 4) is 22.4 Å². The van der Waals surface area contributed by atoms with Gasteiger partial charge < -0.3 is 5.21 Å². The molecule has 0 aliphatic carbocycles. The maximum Gasteiger partial charge on any atom is 0.231 e. The van der Waals surface area contributed by atoms with Gasteiger partial charge in [0.05, 0.1) is 5.56 Å². The Morgan fingerprint density at radius 3 is 1.84 bits per heavy atom. The Kier molecular flexibility index (Phi) is 2.99. The van der Waals surface area contributed by atoms with Crippen molar-refractivity contribution in [3.05, 3.63) is 84.2 Å². The van der Waals surface area contributed by atoms with Gasteiger partial charge in [0.1, 0.15) is 0 Å². The first-order valence-corrected chi connectivity index (χ1v) is 6.19. The van der Waals surface area contributed by atoms with Crippen LogP contribution in [0.25, 0.3) is 22.4 Å². The van der Waals surface area contributed by atoms with Crippen molar-refractivity contribution in [1.29, 1.82) is 0 Å². The van der Waals surface area contributed by atoms with E-state index in [0.717, 1.165) is 21.4 Å². The van der Waals surface area contributed by atoms with Gasteiger partial charge in [-0.15, -0.1) is 0 Å². The van der Waals surface area contributed by atoms with E-state index in [-0.39, 0.29) is 0 Å². The van der Waals surface area contributed by atoms with Crippen LogP contribution >= 0.6 is 0 Å². The lowest BCUT2D eigenvalue weighted by molar-refractivity contribution is -0.593. The Morgan fingerprint density at radius 1 is 0.632 bits per heavy atom. The van der Waals surface area contributed by atoms with E-state index >= 15 is 0 Å². The van der Waals surface area contributed by atoms with Crippen LogP contribution in [0, 0.1) is 5.21 Å². The summed E-state index contributed by atoms with van der Waals surface area (Å²) in [6.45, 7) is 0. The highest BCUT2D eigenvalue weighted by Crippen LogP contribution is 2.28. The van der Waals surface area contributed by atoms with Crippen molar-refractivity contribution in [2.45, 2.75) is 0 Å². The van der Waals surface area contributed by atoms with E-state index in [4.69, 9.17) is 0 Å². The molecule has 0 atom stereocenters. The van der Waals surface area contributed by atoms with Crippen LogP contribution < -0.4 is 4.73 Å². The van der Waals surface area contributed by atoms with Crippen LogP contribution in [0.2, 0.25) is 0 Å². The molecule has 0 aliphatic rings. The lowest BCUT2D eigenvalue weighted by atomic mass is 9.99. The number of aromatic nitrogens is 1. The molecule has 0 amide bonds. The van der Waals surface area contributed by atoms with Gasteiger partial charge in [0.15, 0.2) is 6.20 Å². The molecule has 3 aromatic rings. The minimum Gasteiger partial charge on any atom is -0.618 e. The lowest BCUT2D eigenvalue weighted by Gasteiger charge is -2.10. The molecule has 0 fully saturated rings. The fraction of sp³-hybridized carbons (Fsp3) is 0. The highest BCUT2D eigenvalue weighted by atomic mass is 16.5. The van der Waals surface area contributed by atoms with E-state index < -0.39 is 0 Å². The summed E-state index contributed by atoms with van der Waals surface area (Å²) in [5.41, 5.74) is 3.61. The Bertz CT molecular complexity index is 678. The number of nitrogens with zero attached hydrogens (tertiary/aromatic N) is 1. The molecule has 1 aromatic heterocycles. The first-order valence-electron chi connectivity index (χ1n) is 6.19. The smallest absolute Gasteiger partial charge is 0.231 e. The molecule has 1 heterocycles. The van der Waals surface area contributed by atoms with Gasteiger partial charge in [-0.2, -0.15) is 4.73 Å². The van der Waals surface area contributed by atoms with Gasteiger partial charge >= 0.3 is 0 Å². The zero-order valence-corrected chi connectivity index (χ0v) is 10.4. The van der Waals surface area contributed by atoms with Gasteiger partial charge in [-0.25, -0.2) is 0 Å². The van der Waals surface area contributed by atoms with E-state index in [9.17, 15) is 5.21 Å². The summed E-state index contributed by atoms with van der Waals surface area (Å²) in [6.07, 6.45) is 1.54. The van der Waals surface area contributed by atoms with E-state index in [1.165, 1.54) is 6.20 Å². The Labute approximate surface area is 112 Å². The third-order valence-electron chi connectivity index (χ3n) is 3.09. The second kappa shape index (κ2) is 4.94. The minimum absolute atomic E-state index is 0.689. The van der Waals surface area contributed by atoms with E-state index in [1.54, 1.807) is 6.07 Å². The number of hydrogen-bond acceptors (Lipinski definition) is 1. The molecule has 0 saturated heterocycles. The van der Waals surface area contributed by atoms with Crippen molar-refractivity contribution < 1.29 is 4.73 Å². The maximum absolute atomic E-state index is 12.1. The second-order valence-electron chi connectivity index (χ2n) is 4.33. The summed E-state index contributed by atoms with van der Waals surface area (Å²) in [4.78, 5) is 0. The minimum atomic E-state index is 0.689. The first kappa shape index (κ1) is 11.5. The summed E-state index contributed by atoms with van der Waals surface area (Å²) in [7, 11) is 0. The van der Waals surface area contributed by atoms with Crippen molar-refractivity contribution in [2.75, 3.05) is 0 Å². The van der Waals surface area contributed by atoms with Crippen LogP contribution in [0.4, 0.5) is 0 Å². The van der Waals surface area contributed by atoms with Crippen LogP contribution in [0.5, 0.6) is 0 Å². The standard InChI is InChI=1S/C17H13NO/c19-18-13-7-12-16(14-8-3-1-4-9-14)17(18)15-10-5-2-6-11-15/h1-13H. The van der Waals surface area contributed by atoms with Crippen molar-refractivity contribution in [1.82, 2.24) is 0 Å². The molecule has 0 N–H and O–H groups in total. The summed E-state index contributed by atoms with van der Waals surface area (Å²) in [6, 6.07) is 23.5. The number of rotatable bonds is 2. The fourth-order valence-electron chi connectivity index (χ4n) is 2.22. The third kappa shape index (κ3) is 2.20. The topological polar surface area (TPSA) is 26.9 Å². The van der Waals surface area contributed by atoms with Crippen molar-refractivity contribution in [2.24, 2.45) is 0 Å². The van der Waals surface area contributed by atoms with E-state index in [0.29, 0.717) is 5.69 Å². The highest BCUT2D eigenvalue weighted by Gasteiger charge is 2.15. The van der Waals surface area contributed by atoms with E-state index in [1.807, 2.05) is 66.7 Å². The van der Waals surface area contributed by atoms with Crippen LogP contribution in [0.3, 0.4) is 0 Å². The summed E-state index contributed by atoms with van der Waals surface area (Å²) < 4.78 is 0.928. The average molecular weight is 247 g/mol. The molecule has 0 radical (unpaired) electrons. The molecule has 0 bridgehead atoms. The number of pyridine rings is 1. The fourth-order valence-corrected chi connectivity index (χ4v) is 2.22. The van der Waals surface area contributed by atoms with Crippen LogP contribution in [-0.2, 0) is 0 Å². The molecule has 0 saturated carbocycles. The van der Waals surface area contributed by atoms with E-state index in [2.05, 4.69) is 0 Å². The molecule has 2 aromatic carbocycles.